The van der Waals surface area contributed by atoms with Crippen molar-refractivity contribution in [3.05, 3.63) is 0 Å². The fourth-order valence-corrected chi connectivity index (χ4v) is 4.78. The third-order valence-electron chi connectivity index (χ3n) is 3.82. The molecule has 3 aliphatic heterocycles. The number of rotatable bonds is 0. The third-order valence-corrected chi connectivity index (χ3v) is 5.59. The van der Waals surface area contributed by atoms with Crippen LogP contribution in [0.4, 0.5) is 0 Å². The minimum Gasteiger partial charge on any atom is -0.370 e. The van der Waals surface area contributed by atoms with Gasteiger partial charge in [-0.1, -0.05) is 6.92 Å². The van der Waals surface area contributed by atoms with Gasteiger partial charge in [-0.3, -0.25) is 4.18 Å². The van der Waals surface area contributed by atoms with Crippen molar-refractivity contribution in [2.75, 3.05) is 0 Å². The van der Waals surface area contributed by atoms with Crippen LogP contribution in [-0.4, -0.2) is 31.5 Å². The molecule has 5 heteroatoms. The summed E-state index contributed by atoms with van der Waals surface area (Å²) >= 11 is 0. The Bertz CT molecular complexity index is 362. The van der Waals surface area contributed by atoms with E-state index in [9.17, 15) is 8.42 Å². The van der Waals surface area contributed by atoms with Crippen LogP contribution in [0.3, 0.4) is 0 Å². The Morgan fingerprint density at radius 3 is 2.69 bits per heavy atom. The molecule has 3 aliphatic rings. The smallest absolute Gasteiger partial charge is 0.273 e. The summed E-state index contributed by atoms with van der Waals surface area (Å²) in [6.07, 6.45) is 0.471. The number of fused-ring (bicyclic) bond motifs is 1. The summed E-state index contributed by atoms with van der Waals surface area (Å²) in [5.74, 6) is 0.186. The van der Waals surface area contributed by atoms with Gasteiger partial charge in [0, 0.05) is 5.92 Å². The standard InChI is InChI=1S/C8H12O4S/c1-4-5-3-6-7(11-5)8(4,2)12-13(6,9)10/h4-7H,3H2,1-2H3. The Labute approximate surface area is 77.3 Å². The second-order valence-corrected chi connectivity index (χ2v) is 6.18. The molecule has 0 N–H and O–H groups in total. The first kappa shape index (κ1) is 8.20. The van der Waals surface area contributed by atoms with Gasteiger partial charge in [0.25, 0.3) is 10.1 Å². The first-order valence-electron chi connectivity index (χ1n) is 4.55. The molecule has 74 valence electrons. The van der Waals surface area contributed by atoms with Crippen LogP contribution in [-0.2, 0) is 19.0 Å². The highest BCUT2D eigenvalue weighted by Crippen LogP contribution is 2.55. The fourth-order valence-electron chi connectivity index (χ4n) is 2.84. The molecule has 3 saturated heterocycles. The van der Waals surface area contributed by atoms with Gasteiger partial charge < -0.3 is 4.74 Å². The predicted molar refractivity (Wildman–Crippen MR) is 44.6 cm³/mol. The maximum atomic E-state index is 11.5. The molecule has 5 atom stereocenters. The van der Waals surface area contributed by atoms with Crippen molar-refractivity contribution in [3.8, 4) is 0 Å². The van der Waals surface area contributed by atoms with E-state index < -0.39 is 21.0 Å². The highest BCUT2D eigenvalue weighted by Gasteiger charge is 2.70. The zero-order chi connectivity index (χ0) is 9.43. The molecule has 0 saturated carbocycles. The highest BCUT2D eigenvalue weighted by molar-refractivity contribution is 7.87. The lowest BCUT2D eigenvalue weighted by Gasteiger charge is -2.27. The highest BCUT2D eigenvalue weighted by atomic mass is 32.2. The number of hydrogen-bond donors (Lipinski definition) is 0. The van der Waals surface area contributed by atoms with Gasteiger partial charge in [0.15, 0.2) is 0 Å². The van der Waals surface area contributed by atoms with Gasteiger partial charge in [0.1, 0.15) is 17.0 Å². The van der Waals surface area contributed by atoms with Crippen molar-refractivity contribution >= 4 is 10.1 Å². The van der Waals surface area contributed by atoms with Crippen molar-refractivity contribution < 1.29 is 17.3 Å². The molecule has 0 amide bonds. The van der Waals surface area contributed by atoms with Gasteiger partial charge in [-0.15, -0.1) is 0 Å². The van der Waals surface area contributed by atoms with Crippen molar-refractivity contribution in [1.29, 1.82) is 0 Å². The molecule has 2 bridgehead atoms. The van der Waals surface area contributed by atoms with E-state index in [2.05, 4.69) is 0 Å². The van der Waals surface area contributed by atoms with Crippen LogP contribution in [0.2, 0.25) is 0 Å². The predicted octanol–water partition coefficient (Wildman–Crippen LogP) is 0.281. The van der Waals surface area contributed by atoms with E-state index in [1.807, 2.05) is 13.8 Å². The molecule has 4 nitrogen and oxygen atoms in total. The van der Waals surface area contributed by atoms with Crippen LogP contribution in [0.25, 0.3) is 0 Å². The Kier molecular flexibility index (Phi) is 1.23. The average Bonchev–Trinajstić information content (AvgIpc) is 2.55. The van der Waals surface area contributed by atoms with E-state index in [1.54, 1.807) is 0 Å². The van der Waals surface area contributed by atoms with Gasteiger partial charge in [-0.05, 0) is 13.3 Å². The van der Waals surface area contributed by atoms with E-state index in [1.165, 1.54) is 0 Å². The van der Waals surface area contributed by atoms with E-state index in [0.717, 1.165) is 0 Å². The van der Waals surface area contributed by atoms with Gasteiger partial charge in [0.2, 0.25) is 0 Å². The normalized spacial score (nSPS) is 61.7. The maximum Gasteiger partial charge on any atom is 0.273 e. The first-order valence-corrected chi connectivity index (χ1v) is 6.02. The summed E-state index contributed by atoms with van der Waals surface area (Å²) in [6, 6.07) is 0. The number of ether oxygens (including phenoxy) is 1. The molecule has 0 spiro atoms. The molecule has 0 aliphatic carbocycles. The minimum atomic E-state index is -3.35. The molecular weight excluding hydrogens is 192 g/mol. The molecule has 0 aromatic heterocycles. The molecule has 0 aromatic carbocycles. The minimum absolute atomic E-state index is 0.0808. The summed E-state index contributed by atoms with van der Waals surface area (Å²) in [5, 5.41) is -0.404. The topological polar surface area (TPSA) is 52.6 Å². The molecular formula is C8H12O4S. The van der Waals surface area contributed by atoms with E-state index in [-0.39, 0.29) is 18.1 Å². The van der Waals surface area contributed by atoms with Crippen molar-refractivity contribution in [2.24, 2.45) is 5.92 Å². The molecule has 3 fully saturated rings. The van der Waals surface area contributed by atoms with Crippen molar-refractivity contribution in [2.45, 2.75) is 43.3 Å². The van der Waals surface area contributed by atoms with Crippen molar-refractivity contribution in [1.82, 2.24) is 0 Å². The van der Waals surface area contributed by atoms with Crippen LogP contribution in [0.15, 0.2) is 0 Å². The summed E-state index contributed by atoms with van der Waals surface area (Å²) < 4.78 is 33.8. The van der Waals surface area contributed by atoms with Gasteiger partial charge in [-0.2, -0.15) is 8.42 Å². The lowest BCUT2D eigenvalue weighted by Crippen LogP contribution is -2.43. The SMILES string of the molecule is CC1C2CC3C(O2)C1(C)OS3(=O)=O. The van der Waals surface area contributed by atoms with Crippen LogP contribution in [0.1, 0.15) is 20.3 Å². The summed E-state index contributed by atoms with van der Waals surface area (Å²) in [5.41, 5.74) is -0.591. The second kappa shape index (κ2) is 1.94. The molecule has 5 unspecified atom stereocenters. The summed E-state index contributed by atoms with van der Waals surface area (Å²) in [6.45, 7) is 3.85. The zero-order valence-electron chi connectivity index (χ0n) is 7.56. The van der Waals surface area contributed by atoms with Crippen LogP contribution in [0.5, 0.6) is 0 Å². The Hall–Kier alpha value is -0.130. The quantitative estimate of drug-likeness (QED) is 0.532. The molecule has 0 aromatic rings. The van der Waals surface area contributed by atoms with E-state index in [0.29, 0.717) is 6.42 Å². The molecule has 13 heavy (non-hydrogen) atoms. The third kappa shape index (κ3) is 0.727. The van der Waals surface area contributed by atoms with Crippen LogP contribution in [0, 0.1) is 5.92 Å². The van der Waals surface area contributed by atoms with Crippen LogP contribution < -0.4 is 0 Å². The van der Waals surface area contributed by atoms with Crippen molar-refractivity contribution in [3.63, 3.8) is 0 Å². The van der Waals surface area contributed by atoms with Gasteiger partial charge >= 0.3 is 0 Å². The fraction of sp³-hybridized carbons (Fsp3) is 1.00. The second-order valence-electron chi connectivity index (χ2n) is 4.42. The molecule has 3 heterocycles. The Morgan fingerprint density at radius 2 is 2.15 bits per heavy atom. The largest absolute Gasteiger partial charge is 0.370 e. The number of hydrogen-bond acceptors (Lipinski definition) is 4. The first-order chi connectivity index (χ1) is 5.95. The monoisotopic (exact) mass is 204 g/mol. The van der Waals surface area contributed by atoms with Gasteiger partial charge in [-0.25, -0.2) is 0 Å². The Morgan fingerprint density at radius 1 is 1.46 bits per heavy atom. The molecule has 0 radical (unpaired) electrons. The lowest BCUT2D eigenvalue weighted by atomic mass is 9.78. The maximum absolute atomic E-state index is 11.5. The lowest BCUT2D eigenvalue weighted by molar-refractivity contribution is 0.0280. The average molecular weight is 204 g/mol. The van der Waals surface area contributed by atoms with Crippen LogP contribution >= 0.6 is 0 Å². The zero-order valence-corrected chi connectivity index (χ0v) is 8.37. The molecule has 3 rings (SSSR count). The van der Waals surface area contributed by atoms with E-state index in [4.69, 9.17) is 8.92 Å². The van der Waals surface area contributed by atoms with E-state index >= 15 is 0 Å². The summed E-state index contributed by atoms with van der Waals surface area (Å²) in [7, 11) is -3.35. The summed E-state index contributed by atoms with van der Waals surface area (Å²) in [4.78, 5) is 0. The Balaban J connectivity index is 2.18. The van der Waals surface area contributed by atoms with Gasteiger partial charge in [0.05, 0.1) is 6.10 Å².